The number of nitrogens with one attached hydrogen (secondary N) is 1. The van der Waals surface area contributed by atoms with Crippen LogP contribution in [0.4, 0.5) is 9.18 Å². The third-order valence-electron chi connectivity index (χ3n) is 4.51. The van der Waals surface area contributed by atoms with E-state index < -0.39 is 17.7 Å². The van der Waals surface area contributed by atoms with Gasteiger partial charge < -0.3 is 10.1 Å². The van der Waals surface area contributed by atoms with Crippen molar-refractivity contribution in [3.05, 3.63) is 35.6 Å². The molecule has 0 saturated carbocycles. The quantitative estimate of drug-likeness (QED) is 0.888. The van der Waals surface area contributed by atoms with Crippen molar-refractivity contribution >= 4 is 12.0 Å². The molecule has 0 aromatic heterocycles. The van der Waals surface area contributed by atoms with Crippen molar-refractivity contribution in [1.82, 2.24) is 10.2 Å². The molecule has 1 aliphatic heterocycles. The average molecular weight is 364 g/mol. The van der Waals surface area contributed by atoms with Gasteiger partial charge in [0.05, 0.1) is 0 Å². The van der Waals surface area contributed by atoms with Crippen LogP contribution in [-0.4, -0.2) is 41.6 Å². The van der Waals surface area contributed by atoms with E-state index in [0.29, 0.717) is 19.5 Å². The van der Waals surface area contributed by atoms with E-state index in [0.717, 1.165) is 12.0 Å². The van der Waals surface area contributed by atoms with Gasteiger partial charge in [-0.15, -0.1) is 0 Å². The van der Waals surface area contributed by atoms with Gasteiger partial charge in [-0.3, -0.25) is 9.69 Å². The maximum atomic E-state index is 13.1. The molecular formula is C20H29FN2O3. The third-order valence-corrected chi connectivity index (χ3v) is 4.51. The molecule has 1 atom stereocenters. The molecule has 1 fully saturated rings. The van der Waals surface area contributed by atoms with Crippen LogP contribution in [0.25, 0.3) is 0 Å². The number of hydrogen-bond donors (Lipinski definition) is 1. The Hall–Kier alpha value is -2.11. The molecule has 1 aromatic rings. The van der Waals surface area contributed by atoms with Crippen molar-refractivity contribution < 1.29 is 18.7 Å². The molecule has 1 unspecified atom stereocenters. The minimum Gasteiger partial charge on any atom is -0.444 e. The number of nitrogens with zero attached hydrogens (tertiary/aromatic N) is 1. The van der Waals surface area contributed by atoms with Gasteiger partial charge in [0.15, 0.2) is 0 Å². The van der Waals surface area contributed by atoms with Crippen molar-refractivity contribution in [3.8, 4) is 0 Å². The molecule has 0 spiro atoms. The van der Waals surface area contributed by atoms with Gasteiger partial charge in [-0.2, -0.15) is 0 Å². The van der Waals surface area contributed by atoms with Crippen LogP contribution in [0.5, 0.6) is 0 Å². The molecule has 2 amide bonds. The largest absolute Gasteiger partial charge is 0.444 e. The van der Waals surface area contributed by atoms with Gasteiger partial charge >= 0.3 is 6.09 Å². The highest BCUT2D eigenvalue weighted by molar-refractivity contribution is 5.86. The van der Waals surface area contributed by atoms with Gasteiger partial charge in [0.25, 0.3) is 0 Å². The van der Waals surface area contributed by atoms with E-state index in [9.17, 15) is 14.0 Å². The van der Waals surface area contributed by atoms with Crippen LogP contribution < -0.4 is 5.32 Å². The lowest BCUT2D eigenvalue weighted by Gasteiger charge is -2.30. The van der Waals surface area contributed by atoms with Crippen LogP contribution in [0, 0.1) is 5.82 Å². The zero-order chi connectivity index (χ0) is 19.5. The topological polar surface area (TPSA) is 58.6 Å². The van der Waals surface area contributed by atoms with Crippen LogP contribution in [0.3, 0.4) is 0 Å². The molecule has 26 heavy (non-hydrogen) atoms. The van der Waals surface area contributed by atoms with Crippen molar-refractivity contribution in [2.75, 3.05) is 13.1 Å². The molecule has 1 aromatic carbocycles. The maximum Gasteiger partial charge on any atom is 0.410 e. The number of carbonyl (C=O) groups excluding carboxylic acids is 2. The fourth-order valence-corrected chi connectivity index (χ4v) is 3.01. The summed E-state index contributed by atoms with van der Waals surface area (Å²) in [5.74, 6) is -0.462. The second-order valence-electron chi connectivity index (χ2n) is 8.44. The van der Waals surface area contributed by atoms with Gasteiger partial charge in [-0.1, -0.05) is 26.0 Å². The Morgan fingerprint density at radius 3 is 2.38 bits per heavy atom. The molecule has 1 saturated heterocycles. The molecular weight excluding hydrogens is 335 g/mol. The predicted octanol–water partition coefficient (Wildman–Crippen LogP) is 3.62. The van der Waals surface area contributed by atoms with Crippen molar-refractivity contribution in [2.45, 2.75) is 64.5 Å². The molecule has 0 aliphatic carbocycles. The van der Waals surface area contributed by atoms with E-state index in [-0.39, 0.29) is 17.1 Å². The summed E-state index contributed by atoms with van der Waals surface area (Å²) >= 11 is 0. The van der Waals surface area contributed by atoms with E-state index in [1.54, 1.807) is 32.9 Å². The highest BCUT2D eigenvalue weighted by atomic mass is 19.1. The summed E-state index contributed by atoms with van der Waals surface area (Å²) in [7, 11) is 0. The second kappa shape index (κ2) is 7.64. The molecule has 1 aliphatic rings. The Morgan fingerprint density at radius 1 is 1.19 bits per heavy atom. The number of likely N-dealkylation sites (tertiary alicyclic amines) is 1. The first kappa shape index (κ1) is 20.2. The first-order valence-corrected chi connectivity index (χ1v) is 9.03. The molecule has 5 nitrogen and oxygen atoms in total. The summed E-state index contributed by atoms with van der Waals surface area (Å²) in [5, 5.41) is 2.94. The summed E-state index contributed by atoms with van der Waals surface area (Å²) in [6.45, 7) is 10.3. The van der Waals surface area contributed by atoms with Gasteiger partial charge in [0.2, 0.25) is 5.91 Å². The molecule has 2 rings (SSSR count). The van der Waals surface area contributed by atoms with Crippen molar-refractivity contribution in [1.29, 1.82) is 0 Å². The summed E-state index contributed by atoms with van der Waals surface area (Å²) < 4.78 is 18.5. The van der Waals surface area contributed by atoms with Crippen LogP contribution in [0.15, 0.2) is 24.3 Å². The SMILES string of the molecule is CC(C)(C)OC(=O)N1CCCC1C(=O)NCC(C)(C)c1ccc(F)cc1. The monoisotopic (exact) mass is 364 g/mol. The minimum atomic E-state index is -0.592. The number of halogens is 1. The number of carbonyl (C=O) groups is 2. The Labute approximate surface area is 154 Å². The zero-order valence-corrected chi connectivity index (χ0v) is 16.3. The van der Waals surface area contributed by atoms with Crippen molar-refractivity contribution in [3.63, 3.8) is 0 Å². The molecule has 0 radical (unpaired) electrons. The lowest BCUT2D eigenvalue weighted by atomic mass is 9.84. The molecule has 144 valence electrons. The number of rotatable bonds is 4. The zero-order valence-electron chi connectivity index (χ0n) is 16.3. The Morgan fingerprint density at radius 2 is 1.81 bits per heavy atom. The number of hydrogen-bond acceptors (Lipinski definition) is 3. The minimum absolute atomic E-state index is 0.177. The predicted molar refractivity (Wildman–Crippen MR) is 98.4 cm³/mol. The van der Waals surface area contributed by atoms with Gasteiger partial charge in [0.1, 0.15) is 17.5 Å². The van der Waals surface area contributed by atoms with Crippen molar-refractivity contribution in [2.24, 2.45) is 0 Å². The van der Waals surface area contributed by atoms with E-state index >= 15 is 0 Å². The van der Waals surface area contributed by atoms with Gasteiger partial charge in [0, 0.05) is 18.5 Å². The average Bonchev–Trinajstić information content (AvgIpc) is 3.01. The Kier molecular flexibility index (Phi) is 5.94. The van der Waals surface area contributed by atoms with Crippen LogP contribution >= 0.6 is 0 Å². The standard InChI is InChI=1S/C20H29FN2O3/c1-19(2,3)26-18(25)23-12-6-7-16(23)17(24)22-13-20(4,5)14-8-10-15(21)11-9-14/h8-11,16H,6-7,12-13H2,1-5H3,(H,22,24). The second-order valence-corrected chi connectivity index (χ2v) is 8.44. The summed E-state index contributed by atoms with van der Waals surface area (Å²) in [4.78, 5) is 26.5. The van der Waals surface area contributed by atoms with Gasteiger partial charge in [-0.05, 0) is 51.3 Å². The van der Waals surface area contributed by atoms with Crippen LogP contribution in [0.1, 0.15) is 53.0 Å². The van der Waals surface area contributed by atoms with E-state index in [1.807, 2.05) is 13.8 Å². The summed E-state index contributed by atoms with van der Waals surface area (Å²) in [6, 6.07) is 5.78. The highest BCUT2D eigenvalue weighted by Gasteiger charge is 2.37. The van der Waals surface area contributed by atoms with E-state index in [1.165, 1.54) is 17.0 Å². The normalized spacial score (nSPS) is 17.9. The highest BCUT2D eigenvalue weighted by Crippen LogP contribution is 2.24. The summed E-state index contributed by atoms with van der Waals surface area (Å²) in [6.07, 6.45) is 0.953. The molecule has 0 bridgehead atoms. The smallest absolute Gasteiger partial charge is 0.410 e. The Balaban J connectivity index is 1.97. The first-order chi connectivity index (χ1) is 12.0. The fourth-order valence-electron chi connectivity index (χ4n) is 3.01. The Bertz CT molecular complexity index is 650. The van der Waals surface area contributed by atoms with Crippen LogP contribution in [-0.2, 0) is 14.9 Å². The molecule has 1 N–H and O–H groups in total. The summed E-state index contributed by atoms with van der Waals surface area (Å²) in [5.41, 5.74) is -0.00103. The lowest BCUT2D eigenvalue weighted by Crippen LogP contribution is -2.49. The van der Waals surface area contributed by atoms with Gasteiger partial charge in [-0.25, -0.2) is 9.18 Å². The van der Waals surface area contributed by atoms with E-state index in [2.05, 4.69) is 5.32 Å². The lowest BCUT2D eigenvalue weighted by molar-refractivity contribution is -0.125. The van der Waals surface area contributed by atoms with Crippen LogP contribution in [0.2, 0.25) is 0 Å². The molecule has 6 heteroatoms. The maximum absolute atomic E-state index is 13.1. The number of amides is 2. The number of ether oxygens (including phenoxy) is 1. The molecule has 1 heterocycles. The fraction of sp³-hybridized carbons (Fsp3) is 0.600. The van der Waals surface area contributed by atoms with E-state index in [4.69, 9.17) is 4.74 Å². The number of benzene rings is 1. The first-order valence-electron chi connectivity index (χ1n) is 9.03. The third kappa shape index (κ3) is 5.19.